The highest BCUT2D eigenvalue weighted by Crippen LogP contribution is 2.07. The summed E-state index contributed by atoms with van der Waals surface area (Å²) in [6.45, 7) is 9.99. The lowest BCUT2D eigenvalue weighted by atomic mass is 10.3. The lowest BCUT2D eigenvalue weighted by Crippen LogP contribution is -2.52. The SMILES string of the molecule is CCC[N+]1(C)CCOCC1.COCCOCCOCCC(=O)[O-]. The molecule has 0 bridgehead atoms. The molecule has 0 atom stereocenters. The van der Waals surface area contributed by atoms with Gasteiger partial charge in [-0.25, -0.2) is 0 Å². The van der Waals surface area contributed by atoms with Gasteiger partial charge >= 0.3 is 0 Å². The fourth-order valence-corrected chi connectivity index (χ4v) is 2.17. The Morgan fingerprint density at radius 3 is 2.17 bits per heavy atom. The van der Waals surface area contributed by atoms with Crippen molar-refractivity contribution >= 4 is 5.97 Å². The first-order valence-electron chi connectivity index (χ1n) is 8.29. The van der Waals surface area contributed by atoms with E-state index in [1.165, 1.54) is 30.5 Å². The Hall–Kier alpha value is -0.730. The molecule has 1 heterocycles. The van der Waals surface area contributed by atoms with Crippen LogP contribution in [0.5, 0.6) is 0 Å². The van der Waals surface area contributed by atoms with Gasteiger partial charge in [-0.05, 0) is 6.42 Å². The number of ether oxygens (including phenoxy) is 4. The van der Waals surface area contributed by atoms with Crippen molar-refractivity contribution in [1.82, 2.24) is 0 Å². The Bertz CT molecular complexity index is 276. The zero-order chi connectivity index (χ0) is 17.4. The van der Waals surface area contributed by atoms with Gasteiger partial charge in [0, 0.05) is 19.5 Å². The van der Waals surface area contributed by atoms with Gasteiger partial charge in [-0.3, -0.25) is 0 Å². The summed E-state index contributed by atoms with van der Waals surface area (Å²) in [6, 6.07) is 0. The van der Waals surface area contributed by atoms with E-state index in [9.17, 15) is 9.90 Å². The van der Waals surface area contributed by atoms with Gasteiger partial charge in [0.15, 0.2) is 0 Å². The van der Waals surface area contributed by atoms with E-state index < -0.39 is 5.97 Å². The maximum Gasteiger partial charge on any atom is 0.102 e. The van der Waals surface area contributed by atoms with Crippen LogP contribution in [0.2, 0.25) is 0 Å². The Morgan fingerprint density at radius 2 is 1.65 bits per heavy atom. The molecule has 138 valence electrons. The van der Waals surface area contributed by atoms with Crippen LogP contribution >= 0.6 is 0 Å². The van der Waals surface area contributed by atoms with Crippen LogP contribution in [-0.2, 0) is 23.7 Å². The molecule has 0 aromatic carbocycles. The third-order valence-electron chi connectivity index (χ3n) is 3.57. The van der Waals surface area contributed by atoms with Crippen molar-refractivity contribution in [3.8, 4) is 0 Å². The molecular weight excluding hydrogens is 302 g/mol. The number of methoxy groups -OCH3 is 1. The van der Waals surface area contributed by atoms with Gasteiger partial charge in [-0.1, -0.05) is 6.92 Å². The first-order chi connectivity index (χ1) is 11.0. The summed E-state index contributed by atoms with van der Waals surface area (Å²) in [5.74, 6) is -1.10. The molecule has 0 spiro atoms. The number of quaternary nitrogens is 1. The number of carbonyl (C=O) groups is 1. The van der Waals surface area contributed by atoms with Crippen LogP contribution in [0.3, 0.4) is 0 Å². The maximum absolute atomic E-state index is 9.93. The minimum absolute atomic E-state index is 0.0714. The van der Waals surface area contributed by atoms with Crippen molar-refractivity contribution in [3.63, 3.8) is 0 Å². The van der Waals surface area contributed by atoms with Crippen molar-refractivity contribution in [1.29, 1.82) is 0 Å². The van der Waals surface area contributed by atoms with Gasteiger partial charge in [-0.2, -0.15) is 0 Å². The molecule has 0 aromatic heterocycles. The molecule has 1 saturated heterocycles. The number of rotatable bonds is 11. The summed E-state index contributed by atoms with van der Waals surface area (Å²) in [4.78, 5) is 9.93. The summed E-state index contributed by atoms with van der Waals surface area (Å²) in [7, 11) is 3.92. The Morgan fingerprint density at radius 1 is 1.09 bits per heavy atom. The summed E-state index contributed by atoms with van der Waals surface area (Å²) < 4.78 is 21.3. The summed E-state index contributed by atoms with van der Waals surface area (Å²) in [6.07, 6.45) is 1.22. The molecule has 7 heteroatoms. The van der Waals surface area contributed by atoms with Crippen LogP contribution < -0.4 is 5.11 Å². The first-order valence-corrected chi connectivity index (χ1v) is 8.29. The smallest absolute Gasteiger partial charge is 0.102 e. The second kappa shape index (κ2) is 14.8. The van der Waals surface area contributed by atoms with Crippen molar-refractivity contribution in [2.75, 3.05) is 80.0 Å². The van der Waals surface area contributed by atoms with E-state index in [0.29, 0.717) is 26.4 Å². The fraction of sp³-hybridized carbons (Fsp3) is 0.938. The van der Waals surface area contributed by atoms with E-state index in [1.807, 2.05) is 0 Å². The topological polar surface area (TPSA) is 77.0 Å². The molecule has 0 amide bonds. The lowest BCUT2D eigenvalue weighted by molar-refractivity contribution is -0.916. The minimum atomic E-state index is -1.10. The van der Waals surface area contributed by atoms with Gasteiger partial charge in [0.25, 0.3) is 0 Å². The molecule has 23 heavy (non-hydrogen) atoms. The predicted octanol–water partition coefficient (Wildman–Crippen LogP) is -0.321. The van der Waals surface area contributed by atoms with Crippen molar-refractivity contribution in [2.45, 2.75) is 19.8 Å². The average molecular weight is 335 g/mol. The van der Waals surface area contributed by atoms with E-state index in [0.717, 1.165) is 13.2 Å². The second-order valence-corrected chi connectivity index (χ2v) is 5.74. The number of carboxylic acid groups (broad SMARTS) is 1. The summed E-state index contributed by atoms with van der Waals surface area (Å²) in [5, 5.41) is 9.93. The van der Waals surface area contributed by atoms with Crippen LogP contribution in [0.4, 0.5) is 0 Å². The number of carbonyl (C=O) groups excluding carboxylic acids is 1. The van der Waals surface area contributed by atoms with Crippen LogP contribution in [-0.4, -0.2) is 90.5 Å². The number of aliphatic carboxylic acids is 1. The van der Waals surface area contributed by atoms with Crippen LogP contribution in [0.15, 0.2) is 0 Å². The van der Waals surface area contributed by atoms with Crippen molar-refractivity contribution < 1.29 is 33.3 Å². The summed E-state index contributed by atoms with van der Waals surface area (Å²) >= 11 is 0. The molecule has 0 radical (unpaired) electrons. The summed E-state index contributed by atoms with van der Waals surface area (Å²) in [5.41, 5.74) is 0. The second-order valence-electron chi connectivity index (χ2n) is 5.74. The molecule has 0 aromatic rings. The van der Waals surface area contributed by atoms with Gasteiger partial charge in [-0.15, -0.1) is 0 Å². The number of hydrogen-bond donors (Lipinski definition) is 0. The first kappa shape index (κ1) is 22.3. The standard InChI is InChI=1S/C8H18NO.C8H16O5/c1-3-4-9(2)5-7-10-8-6-9;1-11-4-5-13-7-6-12-3-2-8(9)10/h3-8H2,1-2H3;2-7H2,1H3,(H,9,10)/q+1;/p-1. The quantitative estimate of drug-likeness (QED) is 0.380. The van der Waals surface area contributed by atoms with Gasteiger partial charge in [0.1, 0.15) is 13.1 Å². The largest absolute Gasteiger partial charge is 0.550 e. The molecule has 1 rings (SSSR count). The fourth-order valence-electron chi connectivity index (χ4n) is 2.17. The van der Waals surface area contributed by atoms with Crippen LogP contribution in [0.25, 0.3) is 0 Å². The number of hydrogen-bond acceptors (Lipinski definition) is 6. The number of morpholine rings is 1. The van der Waals surface area contributed by atoms with E-state index in [4.69, 9.17) is 18.9 Å². The molecule has 1 aliphatic rings. The Labute approximate surface area is 140 Å². The van der Waals surface area contributed by atoms with E-state index in [1.54, 1.807) is 7.11 Å². The third kappa shape index (κ3) is 14.6. The van der Waals surface area contributed by atoms with Crippen molar-refractivity contribution in [3.05, 3.63) is 0 Å². The highest BCUT2D eigenvalue weighted by Gasteiger charge is 2.23. The highest BCUT2D eigenvalue weighted by atomic mass is 16.5. The predicted molar refractivity (Wildman–Crippen MR) is 85.0 cm³/mol. The minimum Gasteiger partial charge on any atom is -0.550 e. The third-order valence-corrected chi connectivity index (χ3v) is 3.57. The maximum atomic E-state index is 9.93. The molecule has 1 fully saturated rings. The lowest BCUT2D eigenvalue weighted by Gasteiger charge is -2.37. The Balaban J connectivity index is 0.000000433. The van der Waals surface area contributed by atoms with Crippen molar-refractivity contribution in [2.24, 2.45) is 0 Å². The average Bonchev–Trinajstić information content (AvgIpc) is 2.51. The number of likely N-dealkylation sites (N-methyl/N-ethyl adjacent to an activating group) is 1. The molecular formula is C16H33NO6. The molecule has 0 unspecified atom stereocenters. The van der Waals surface area contributed by atoms with E-state index >= 15 is 0 Å². The van der Waals surface area contributed by atoms with Crippen LogP contribution in [0.1, 0.15) is 19.8 Å². The monoisotopic (exact) mass is 335 g/mol. The zero-order valence-electron chi connectivity index (χ0n) is 14.9. The van der Waals surface area contributed by atoms with Gasteiger partial charge in [0.05, 0.1) is 59.8 Å². The molecule has 7 nitrogen and oxygen atoms in total. The van der Waals surface area contributed by atoms with Gasteiger partial charge in [0.2, 0.25) is 0 Å². The number of nitrogens with zero attached hydrogens (tertiary/aromatic N) is 1. The van der Waals surface area contributed by atoms with E-state index in [-0.39, 0.29) is 13.0 Å². The van der Waals surface area contributed by atoms with Gasteiger partial charge < -0.3 is 33.3 Å². The normalized spacial score (nSPS) is 16.5. The molecule has 0 saturated carbocycles. The molecule has 1 aliphatic heterocycles. The molecule has 0 aliphatic carbocycles. The molecule has 0 N–H and O–H groups in total. The van der Waals surface area contributed by atoms with E-state index in [2.05, 4.69) is 14.0 Å². The van der Waals surface area contributed by atoms with Crippen LogP contribution in [0, 0.1) is 0 Å². The zero-order valence-corrected chi connectivity index (χ0v) is 14.9. The highest BCUT2D eigenvalue weighted by molar-refractivity contribution is 5.64. The Kier molecular flexibility index (Phi) is 14.4. The number of carboxylic acids is 1.